The number of likely N-dealkylation sites (tertiary alicyclic amines) is 1. The van der Waals surface area contributed by atoms with Crippen LogP contribution >= 0.6 is 0 Å². The van der Waals surface area contributed by atoms with Gasteiger partial charge in [0, 0.05) is 19.2 Å². The normalized spacial score (nSPS) is 18.6. The van der Waals surface area contributed by atoms with Gasteiger partial charge in [-0.15, -0.1) is 0 Å². The first-order valence-corrected chi connectivity index (χ1v) is 9.76. The van der Waals surface area contributed by atoms with Crippen molar-refractivity contribution in [3.63, 3.8) is 0 Å². The largest absolute Gasteiger partial charge is 0.454 e. The van der Waals surface area contributed by atoms with E-state index in [0.29, 0.717) is 19.1 Å². The summed E-state index contributed by atoms with van der Waals surface area (Å²) in [5.41, 5.74) is 2.11. The quantitative estimate of drug-likeness (QED) is 0.715. The van der Waals surface area contributed by atoms with Gasteiger partial charge < -0.3 is 19.1 Å². The van der Waals surface area contributed by atoms with Crippen LogP contribution < -0.4 is 9.47 Å². The average Bonchev–Trinajstić information content (AvgIpc) is 3.21. The molecule has 2 aliphatic heterocycles. The standard InChI is InChI=1S/C23H25NO4/c25-23(11-9-18-8-10-21-22(13-18)28-17-27-21)24-12-4-7-20(14-24)16-26-15-19-5-2-1-3-6-19/h1-3,5-6,8-11,13,20H,4,7,12,14-17H2/b11-9+. The predicted octanol–water partition coefficient (Wildman–Crippen LogP) is 3.88. The Morgan fingerprint density at radius 1 is 1.14 bits per heavy atom. The lowest BCUT2D eigenvalue weighted by Gasteiger charge is -2.32. The zero-order chi connectivity index (χ0) is 19.2. The third-order valence-electron chi connectivity index (χ3n) is 5.11. The molecule has 0 aliphatic carbocycles. The number of carbonyl (C=O) groups excluding carboxylic acids is 1. The highest BCUT2D eigenvalue weighted by Gasteiger charge is 2.22. The van der Waals surface area contributed by atoms with Crippen LogP contribution in [0.5, 0.6) is 11.5 Å². The van der Waals surface area contributed by atoms with Crippen molar-refractivity contribution in [3.8, 4) is 11.5 Å². The Kier molecular flexibility index (Phi) is 5.92. The monoisotopic (exact) mass is 379 g/mol. The fraction of sp³-hybridized carbons (Fsp3) is 0.348. The van der Waals surface area contributed by atoms with E-state index in [0.717, 1.165) is 43.0 Å². The van der Waals surface area contributed by atoms with Crippen molar-refractivity contribution in [2.45, 2.75) is 19.4 Å². The van der Waals surface area contributed by atoms with E-state index in [1.807, 2.05) is 47.4 Å². The summed E-state index contributed by atoms with van der Waals surface area (Å²) in [5, 5.41) is 0. The second-order valence-electron chi connectivity index (χ2n) is 7.24. The molecule has 0 bridgehead atoms. The van der Waals surface area contributed by atoms with Gasteiger partial charge in [-0.1, -0.05) is 36.4 Å². The number of hydrogen-bond donors (Lipinski definition) is 0. The highest BCUT2D eigenvalue weighted by atomic mass is 16.7. The van der Waals surface area contributed by atoms with Crippen molar-refractivity contribution in [2.24, 2.45) is 5.92 Å². The third kappa shape index (κ3) is 4.73. The Hall–Kier alpha value is -2.79. The highest BCUT2D eigenvalue weighted by Crippen LogP contribution is 2.32. The molecule has 0 aromatic heterocycles. The van der Waals surface area contributed by atoms with Crippen LogP contribution in [0, 0.1) is 5.92 Å². The molecule has 28 heavy (non-hydrogen) atoms. The van der Waals surface area contributed by atoms with Crippen LogP contribution in [0.4, 0.5) is 0 Å². The molecule has 4 rings (SSSR count). The number of nitrogens with zero attached hydrogens (tertiary/aromatic N) is 1. The van der Waals surface area contributed by atoms with Crippen LogP contribution in [0.3, 0.4) is 0 Å². The summed E-state index contributed by atoms with van der Waals surface area (Å²) < 4.78 is 16.6. The van der Waals surface area contributed by atoms with Gasteiger partial charge in [0.15, 0.2) is 11.5 Å². The van der Waals surface area contributed by atoms with Crippen LogP contribution in [0.2, 0.25) is 0 Å². The molecule has 1 amide bonds. The lowest BCUT2D eigenvalue weighted by molar-refractivity contribution is -0.128. The van der Waals surface area contributed by atoms with Crippen molar-refractivity contribution < 1.29 is 19.0 Å². The first-order valence-electron chi connectivity index (χ1n) is 9.76. The highest BCUT2D eigenvalue weighted by molar-refractivity contribution is 5.92. The Morgan fingerprint density at radius 2 is 2.00 bits per heavy atom. The summed E-state index contributed by atoms with van der Waals surface area (Å²) in [6, 6.07) is 15.9. The van der Waals surface area contributed by atoms with Crippen molar-refractivity contribution in [3.05, 3.63) is 65.7 Å². The molecule has 146 valence electrons. The molecule has 2 aliphatic rings. The molecule has 2 aromatic carbocycles. The number of piperidine rings is 1. The summed E-state index contributed by atoms with van der Waals surface area (Å²) in [4.78, 5) is 14.5. The number of ether oxygens (including phenoxy) is 3. The minimum absolute atomic E-state index is 0.0467. The van der Waals surface area contributed by atoms with Crippen LogP contribution in [0.25, 0.3) is 6.08 Å². The van der Waals surface area contributed by atoms with E-state index in [1.54, 1.807) is 6.08 Å². The smallest absolute Gasteiger partial charge is 0.246 e. The summed E-state index contributed by atoms with van der Waals surface area (Å²) in [5.74, 6) is 1.91. The molecule has 5 nitrogen and oxygen atoms in total. The molecule has 2 heterocycles. The molecular weight excluding hydrogens is 354 g/mol. The number of fused-ring (bicyclic) bond motifs is 1. The van der Waals surface area contributed by atoms with Gasteiger partial charge in [-0.2, -0.15) is 0 Å². The minimum atomic E-state index is 0.0467. The van der Waals surface area contributed by atoms with Gasteiger partial charge in [-0.25, -0.2) is 0 Å². The molecule has 1 fully saturated rings. The molecule has 2 aromatic rings. The Bertz CT molecular complexity index is 834. The van der Waals surface area contributed by atoms with E-state index >= 15 is 0 Å². The summed E-state index contributed by atoms with van der Waals surface area (Å²) in [6.45, 7) is 3.11. The number of amides is 1. The van der Waals surface area contributed by atoms with Crippen LogP contribution in [0.1, 0.15) is 24.0 Å². The maximum absolute atomic E-state index is 12.6. The topological polar surface area (TPSA) is 48.0 Å². The minimum Gasteiger partial charge on any atom is -0.454 e. The molecule has 5 heteroatoms. The Labute approximate surface area is 165 Å². The SMILES string of the molecule is O=C(/C=C/c1ccc2c(c1)OCO2)N1CCCC(COCc2ccccc2)C1. The van der Waals surface area contributed by atoms with E-state index in [9.17, 15) is 4.79 Å². The maximum Gasteiger partial charge on any atom is 0.246 e. The van der Waals surface area contributed by atoms with E-state index in [-0.39, 0.29) is 12.7 Å². The lowest BCUT2D eigenvalue weighted by Crippen LogP contribution is -2.40. The van der Waals surface area contributed by atoms with Crippen LogP contribution in [0.15, 0.2) is 54.6 Å². The van der Waals surface area contributed by atoms with Gasteiger partial charge >= 0.3 is 0 Å². The third-order valence-corrected chi connectivity index (χ3v) is 5.11. The van der Waals surface area contributed by atoms with Gasteiger partial charge in [-0.05, 0) is 48.1 Å². The van der Waals surface area contributed by atoms with Crippen molar-refractivity contribution in [1.82, 2.24) is 4.90 Å². The molecule has 0 saturated carbocycles. The summed E-state index contributed by atoms with van der Waals surface area (Å²) in [6.07, 6.45) is 5.60. The number of benzene rings is 2. The molecule has 0 N–H and O–H groups in total. The number of carbonyl (C=O) groups is 1. The number of hydrogen-bond acceptors (Lipinski definition) is 4. The van der Waals surface area contributed by atoms with Crippen molar-refractivity contribution in [1.29, 1.82) is 0 Å². The fourth-order valence-corrected chi connectivity index (χ4v) is 3.61. The zero-order valence-corrected chi connectivity index (χ0v) is 15.9. The van der Waals surface area contributed by atoms with E-state index in [1.165, 1.54) is 5.56 Å². The Morgan fingerprint density at radius 3 is 2.89 bits per heavy atom. The fourth-order valence-electron chi connectivity index (χ4n) is 3.61. The Balaban J connectivity index is 1.27. The maximum atomic E-state index is 12.6. The van der Waals surface area contributed by atoms with Crippen LogP contribution in [-0.2, 0) is 16.1 Å². The summed E-state index contributed by atoms with van der Waals surface area (Å²) in [7, 11) is 0. The zero-order valence-electron chi connectivity index (χ0n) is 15.9. The molecular formula is C23H25NO4. The molecule has 0 spiro atoms. The van der Waals surface area contributed by atoms with Gasteiger partial charge in [0.25, 0.3) is 0 Å². The molecule has 0 radical (unpaired) electrons. The van der Waals surface area contributed by atoms with Crippen molar-refractivity contribution >= 4 is 12.0 Å². The lowest BCUT2D eigenvalue weighted by atomic mass is 9.99. The van der Waals surface area contributed by atoms with E-state index < -0.39 is 0 Å². The van der Waals surface area contributed by atoms with Crippen LogP contribution in [-0.4, -0.2) is 37.3 Å². The molecule has 1 atom stereocenters. The molecule has 1 unspecified atom stereocenters. The van der Waals surface area contributed by atoms with Gasteiger partial charge in [0.05, 0.1) is 13.2 Å². The summed E-state index contributed by atoms with van der Waals surface area (Å²) >= 11 is 0. The predicted molar refractivity (Wildman–Crippen MR) is 107 cm³/mol. The second-order valence-corrected chi connectivity index (χ2v) is 7.24. The first-order chi connectivity index (χ1) is 13.8. The van der Waals surface area contributed by atoms with E-state index in [2.05, 4.69) is 12.1 Å². The van der Waals surface area contributed by atoms with Gasteiger partial charge in [0.1, 0.15) is 0 Å². The first kappa shape index (κ1) is 18.6. The second kappa shape index (κ2) is 8.93. The number of rotatable bonds is 6. The van der Waals surface area contributed by atoms with E-state index in [4.69, 9.17) is 14.2 Å². The van der Waals surface area contributed by atoms with Gasteiger partial charge in [-0.3, -0.25) is 4.79 Å². The average molecular weight is 379 g/mol. The van der Waals surface area contributed by atoms with Crippen molar-refractivity contribution in [2.75, 3.05) is 26.5 Å². The van der Waals surface area contributed by atoms with Gasteiger partial charge in [0.2, 0.25) is 12.7 Å². The molecule has 1 saturated heterocycles.